The van der Waals surface area contributed by atoms with Crippen LogP contribution < -0.4 is 10.3 Å². The minimum absolute atomic E-state index is 0.133. The normalized spacial score (nSPS) is 11.3. The summed E-state index contributed by atoms with van der Waals surface area (Å²) in [6.45, 7) is 4.64. The third-order valence-electron chi connectivity index (χ3n) is 3.82. The predicted octanol–water partition coefficient (Wildman–Crippen LogP) is 2.98. The lowest BCUT2D eigenvalue weighted by atomic mass is 10.1. The number of hydrogen-bond donors (Lipinski definition) is 1. The molecule has 0 fully saturated rings. The largest absolute Gasteiger partial charge is 0.480 e. The molecule has 0 aliphatic rings. The monoisotopic (exact) mass is 311 g/mol. The Labute approximate surface area is 134 Å². The van der Waals surface area contributed by atoms with Crippen molar-refractivity contribution in [2.75, 3.05) is 7.11 Å². The van der Waals surface area contributed by atoms with Crippen LogP contribution in [0.2, 0.25) is 0 Å². The van der Waals surface area contributed by atoms with Gasteiger partial charge in [-0.25, -0.2) is 4.98 Å². The highest BCUT2D eigenvalue weighted by Gasteiger charge is 2.13. The number of methoxy groups -OCH3 is 1. The van der Waals surface area contributed by atoms with E-state index in [0.717, 1.165) is 5.52 Å². The minimum atomic E-state index is -0.133. The second-order valence-corrected chi connectivity index (χ2v) is 6.10. The van der Waals surface area contributed by atoms with Gasteiger partial charge in [0.2, 0.25) is 5.88 Å². The van der Waals surface area contributed by atoms with Gasteiger partial charge in [0.05, 0.1) is 13.7 Å². The molecule has 3 rings (SSSR count). The van der Waals surface area contributed by atoms with E-state index >= 15 is 0 Å². The van der Waals surface area contributed by atoms with Gasteiger partial charge in [-0.15, -0.1) is 0 Å². The third kappa shape index (κ3) is 3.13. The summed E-state index contributed by atoms with van der Waals surface area (Å²) >= 11 is 0. The Morgan fingerprint density at radius 2 is 2.04 bits per heavy atom. The Balaban J connectivity index is 1.99. The van der Waals surface area contributed by atoms with Crippen molar-refractivity contribution in [1.29, 1.82) is 0 Å². The SMILES string of the molecule is COc1nc(CC(C)C)c(=O)[nH]c1Cn1ccc2ccccc21. The molecule has 5 heteroatoms. The van der Waals surface area contributed by atoms with Crippen molar-refractivity contribution >= 4 is 10.9 Å². The quantitative estimate of drug-likeness (QED) is 0.788. The summed E-state index contributed by atoms with van der Waals surface area (Å²) in [5, 5.41) is 1.17. The van der Waals surface area contributed by atoms with Gasteiger partial charge in [0.15, 0.2) is 0 Å². The van der Waals surface area contributed by atoms with Gasteiger partial charge in [-0.2, -0.15) is 0 Å². The molecule has 0 saturated carbocycles. The van der Waals surface area contributed by atoms with E-state index in [9.17, 15) is 4.79 Å². The van der Waals surface area contributed by atoms with Crippen molar-refractivity contribution in [1.82, 2.24) is 14.5 Å². The number of benzene rings is 1. The molecule has 0 atom stereocenters. The predicted molar refractivity (Wildman–Crippen MR) is 91.0 cm³/mol. The molecule has 5 nitrogen and oxygen atoms in total. The first-order valence-electron chi connectivity index (χ1n) is 7.78. The second-order valence-electron chi connectivity index (χ2n) is 6.10. The Morgan fingerprint density at radius 3 is 2.78 bits per heavy atom. The zero-order valence-electron chi connectivity index (χ0n) is 13.7. The molecule has 3 aromatic rings. The lowest BCUT2D eigenvalue weighted by Crippen LogP contribution is -2.21. The van der Waals surface area contributed by atoms with Crippen molar-refractivity contribution in [2.24, 2.45) is 5.92 Å². The standard InChI is InChI=1S/C18H21N3O2/c1-12(2)10-14-17(22)19-15(18(20-14)23-3)11-21-9-8-13-6-4-5-7-16(13)21/h4-9,12H,10-11H2,1-3H3,(H,19,22). The summed E-state index contributed by atoms with van der Waals surface area (Å²) < 4.78 is 7.47. The lowest BCUT2D eigenvalue weighted by molar-refractivity contribution is 0.384. The van der Waals surface area contributed by atoms with Crippen LogP contribution in [0.25, 0.3) is 10.9 Å². The average Bonchev–Trinajstić information content (AvgIpc) is 2.93. The Bertz CT molecular complexity index is 877. The van der Waals surface area contributed by atoms with Crippen LogP contribution in [0.3, 0.4) is 0 Å². The maximum atomic E-state index is 12.3. The smallest absolute Gasteiger partial charge is 0.270 e. The van der Waals surface area contributed by atoms with E-state index in [1.807, 2.05) is 18.3 Å². The first-order valence-corrected chi connectivity index (χ1v) is 7.78. The number of aromatic amines is 1. The molecular weight excluding hydrogens is 290 g/mol. The zero-order valence-corrected chi connectivity index (χ0v) is 13.7. The van der Waals surface area contributed by atoms with Gasteiger partial charge >= 0.3 is 0 Å². The molecule has 0 amide bonds. The molecule has 0 aliphatic carbocycles. The minimum Gasteiger partial charge on any atom is -0.480 e. The summed E-state index contributed by atoms with van der Waals surface area (Å²) in [5.74, 6) is 0.852. The fraction of sp³-hybridized carbons (Fsp3) is 0.333. The number of fused-ring (bicyclic) bond motifs is 1. The molecule has 23 heavy (non-hydrogen) atoms. The van der Waals surface area contributed by atoms with Crippen LogP contribution in [-0.4, -0.2) is 21.6 Å². The maximum absolute atomic E-state index is 12.3. The van der Waals surface area contributed by atoms with Crippen LogP contribution >= 0.6 is 0 Å². The second kappa shape index (κ2) is 6.28. The number of nitrogens with one attached hydrogen (secondary N) is 1. The molecule has 120 valence electrons. The number of nitrogens with zero attached hydrogens (tertiary/aromatic N) is 2. The zero-order chi connectivity index (χ0) is 16.4. The van der Waals surface area contributed by atoms with Crippen LogP contribution in [0, 0.1) is 5.92 Å². The van der Waals surface area contributed by atoms with Gasteiger partial charge in [0.25, 0.3) is 5.56 Å². The van der Waals surface area contributed by atoms with Crippen LogP contribution in [0.5, 0.6) is 5.88 Å². The number of aromatic nitrogens is 3. The average molecular weight is 311 g/mol. The van der Waals surface area contributed by atoms with Crippen molar-refractivity contribution in [2.45, 2.75) is 26.8 Å². The van der Waals surface area contributed by atoms with Crippen LogP contribution in [0.15, 0.2) is 41.3 Å². The number of H-pyrrole nitrogens is 1. The van der Waals surface area contributed by atoms with Crippen LogP contribution in [0.4, 0.5) is 0 Å². The fourth-order valence-electron chi connectivity index (χ4n) is 2.75. The van der Waals surface area contributed by atoms with Gasteiger partial charge in [0, 0.05) is 11.7 Å². The van der Waals surface area contributed by atoms with Gasteiger partial charge in [-0.05, 0) is 29.9 Å². The summed E-state index contributed by atoms with van der Waals surface area (Å²) in [5.41, 5.74) is 2.19. The van der Waals surface area contributed by atoms with Crippen LogP contribution in [-0.2, 0) is 13.0 Å². The third-order valence-corrected chi connectivity index (χ3v) is 3.82. The molecule has 0 bridgehead atoms. The molecule has 0 unspecified atom stereocenters. The molecule has 1 N–H and O–H groups in total. The first-order chi connectivity index (χ1) is 11.1. The van der Waals surface area contributed by atoms with E-state index in [0.29, 0.717) is 36.2 Å². The Hall–Kier alpha value is -2.56. The molecule has 0 spiro atoms. The number of ether oxygens (including phenoxy) is 1. The van der Waals surface area contributed by atoms with Gasteiger partial charge in [-0.3, -0.25) is 4.79 Å². The van der Waals surface area contributed by atoms with E-state index in [1.54, 1.807) is 7.11 Å². The Kier molecular flexibility index (Phi) is 4.19. The molecule has 0 aliphatic heterocycles. The van der Waals surface area contributed by atoms with E-state index in [2.05, 4.69) is 46.6 Å². The van der Waals surface area contributed by atoms with Crippen LogP contribution in [0.1, 0.15) is 25.2 Å². The fourth-order valence-corrected chi connectivity index (χ4v) is 2.75. The molecule has 2 aromatic heterocycles. The van der Waals surface area contributed by atoms with E-state index in [4.69, 9.17) is 4.74 Å². The van der Waals surface area contributed by atoms with E-state index < -0.39 is 0 Å². The first kappa shape index (κ1) is 15.3. The van der Waals surface area contributed by atoms with Gasteiger partial charge < -0.3 is 14.3 Å². The topological polar surface area (TPSA) is 59.9 Å². The summed E-state index contributed by atoms with van der Waals surface area (Å²) in [7, 11) is 1.58. The highest BCUT2D eigenvalue weighted by molar-refractivity contribution is 5.80. The summed E-state index contributed by atoms with van der Waals surface area (Å²) in [6, 6.07) is 10.2. The molecule has 0 radical (unpaired) electrons. The molecule has 1 aromatic carbocycles. The van der Waals surface area contributed by atoms with E-state index in [1.165, 1.54) is 5.39 Å². The van der Waals surface area contributed by atoms with Crippen molar-refractivity contribution in [3.05, 3.63) is 58.3 Å². The highest BCUT2D eigenvalue weighted by atomic mass is 16.5. The number of rotatable bonds is 5. The summed E-state index contributed by atoms with van der Waals surface area (Å²) in [4.78, 5) is 19.6. The maximum Gasteiger partial charge on any atom is 0.270 e. The number of hydrogen-bond acceptors (Lipinski definition) is 3. The molecule has 0 saturated heterocycles. The lowest BCUT2D eigenvalue weighted by Gasteiger charge is -2.12. The molecule has 2 heterocycles. The van der Waals surface area contributed by atoms with Gasteiger partial charge in [0.1, 0.15) is 11.4 Å². The van der Waals surface area contributed by atoms with Crippen molar-refractivity contribution in [3.63, 3.8) is 0 Å². The van der Waals surface area contributed by atoms with Crippen molar-refractivity contribution in [3.8, 4) is 5.88 Å². The van der Waals surface area contributed by atoms with Gasteiger partial charge in [-0.1, -0.05) is 32.0 Å². The van der Waals surface area contributed by atoms with E-state index in [-0.39, 0.29) is 5.56 Å². The number of para-hydroxylation sites is 1. The Morgan fingerprint density at radius 1 is 1.26 bits per heavy atom. The summed E-state index contributed by atoms with van der Waals surface area (Å²) in [6.07, 6.45) is 2.64. The highest BCUT2D eigenvalue weighted by Crippen LogP contribution is 2.19. The van der Waals surface area contributed by atoms with Crippen molar-refractivity contribution < 1.29 is 4.74 Å². The molecular formula is C18H21N3O2.